The topological polar surface area (TPSA) is 90.5 Å². The summed E-state index contributed by atoms with van der Waals surface area (Å²) in [5.74, 6) is 0.899. The van der Waals surface area contributed by atoms with Crippen LogP contribution in [0, 0.1) is 0 Å². The maximum absolute atomic E-state index is 12.6. The Bertz CT molecular complexity index is 1080. The summed E-state index contributed by atoms with van der Waals surface area (Å²) in [6, 6.07) is 19.0. The molecule has 0 fully saturated rings. The Labute approximate surface area is 161 Å². The number of carbonyl (C=O) groups is 1. The van der Waals surface area contributed by atoms with Crippen LogP contribution in [0.3, 0.4) is 0 Å². The number of amides is 1. The largest absolute Gasteiger partial charge is 0.305 e. The molecule has 1 N–H and O–H groups in total. The van der Waals surface area contributed by atoms with E-state index < -0.39 is 0 Å². The maximum atomic E-state index is 12.6. The van der Waals surface area contributed by atoms with Gasteiger partial charge in [-0.15, -0.1) is 5.10 Å². The summed E-state index contributed by atoms with van der Waals surface area (Å²) in [5, 5.41) is 18.9. The van der Waals surface area contributed by atoms with Crippen LogP contribution in [-0.2, 0) is 13.1 Å². The first kappa shape index (κ1) is 17.6. The van der Waals surface area contributed by atoms with Gasteiger partial charge in [-0.2, -0.15) is 5.10 Å². The van der Waals surface area contributed by atoms with Crippen molar-refractivity contribution in [1.82, 2.24) is 30.0 Å². The molecule has 2 aromatic carbocycles. The molecule has 2 aromatic heterocycles. The summed E-state index contributed by atoms with van der Waals surface area (Å²) in [4.78, 5) is 12.6. The van der Waals surface area contributed by atoms with E-state index >= 15 is 0 Å². The van der Waals surface area contributed by atoms with Gasteiger partial charge in [-0.05, 0) is 35.0 Å². The van der Waals surface area contributed by atoms with E-state index in [2.05, 4.69) is 25.9 Å². The Morgan fingerprint density at radius 1 is 1.07 bits per heavy atom. The number of carbonyl (C=O) groups excluding carboxylic acids is 1. The minimum absolute atomic E-state index is 0.234. The van der Waals surface area contributed by atoms with Gasteiger partial charge in [0.2, 0.25) is 0 Å². The third-order valence-electron chi connectivity index (χ3n) is 4.28. The quantitative estimate of drug-likeness (QED) is 0.561. The fourth-order valence-corrected chi connectivity index (χ4v) is 2.90. The Kier molecular flexibility index (Phi) is 4.92. The summed E-state index contributed by atoms with van der Waals surface area (Å²) in [6.07, 6.45) is 1.84. The fraction of sp³-hybridized carbons (Fsp3) is 0.150. The molecule has 0 aliphatic rings. The minimum Gasteiger partial charge on any atom is -0.305 e. The molecule has 4 rings (SSSR count). The smallest absolute Gasteiger partial charge is 0.256 e. The summed E-state index contributed by atoms with van der Waals surface area (Å²) in [6.45, 7) is 3.26. The van der Waals surface area contributed by atoms with Crippen LogP contribution in [0.2, 0.25) is 0 Å². The first-order valence-electron chi connectivity index (χ1n) is 8.98. The average Bonchev–Trinajstić information content (AvgIpc) is 3.38. The van der Waals surface area contributed by atoms with Gasteiger partial charge in [0.1, 0.15) is 0 Å². The van der Waals surface area contributed by atoms with E-state index in [1.807, 2.05) is 55.6 Å². The molecular formula is C20H19N7O. The van der Waals surface area contributed by atoms with Gasteiger partial charge in [0.05, 0.1) is 6.54 Å². The number of anilines is 1. The number of tetrazole rings is 1. The predicted molar refractivity (Wildman–Crippen MR) is 105 cm³/mol. The second kappa shape index (κ2) is 7.83. The van der Waals surface area contributed by atoms with Crippen molar-refractivity contribution >= 4 is 11.7 Å². The lowest BCUT2D eigenvalue weighted by Gasteiger charge is -2.06. The van der Waals surface area contributed by atoms with Crippen molar-refractivity contribution in [3.63, 3.8) is 0 Å². The van der Waals surface area contributed by atoms with Crippen LogP contribution < -0.4 is 5.32 Å². The highest BCUT2D eigenvalue weighted by Crippen LogP contribution is 2.18. The van der Waals surface area contributed by atoms with Gasteiger partial charge in [0.25, 0.3) is 5.91 Å². The first-order chi connectivity index (χ1) is 13.7. The van der Waals surface area contributed by atoms with E-state index in [0.29, 0.717) is 30.3 Å². The van der Waals surface area contributed by atoms with E-state index in [0.717, 1.165) is 11.1 Å². The molecule has 8 nitrogen and oxygen atoms in total. The number of benzene rings is 2. The van der Waals surface area contributed by atoms with E-state index in [1.165, 1.54) is 0 Å². The van der Waals surface area contributed by atoms with Crippen LogP contribution in [0.15, 0.2) is 66.9 Å². The van der Waals surface area contributed by atoms with Crippen LogP contribution in [0.25, 0.3) is 11.4 Å². The zero-order valence-electron chi connectivity index (χ0n) is 15.4. The number of nitrogens with zero attached hydrogens (tertiary/aromatic N) is 6. The molecule has 1 amide bonds. The Balaban J connectivity index is 1.48. The molecule has 2 heterocycles. The van der Waals surface area contributed by atoms with Crippen molar-refractivity contribution in [2.24, 2.45) is 0 Å². The monoisotopic (exact) mass is 373 g/mol. The van der Waals surface area contributed by atoms with Crippen molar-refractivity contribution in [3.8, 4) is 11.4 Å². The summed E-state index contributed by atoms with van der Waals surface area (Å²) >= 11 is 0. The van der Waals surface area contributed by atoms with Crippen LogP contribution in [0.5, 0.6) is 0 Å². The van der Waals surface area contributed by atoms with Gasteiger partial charge in [0, 0.05) is 29.9 Å². The lowest BCUT2D eigenvalue weighted by Crippen LogP contribution is -2.13. The highest BCUT2D eigenvalue weighted by atomic mass is 16.1. The number of aromatic nitrogens is 6. The first-order valence-corrected chi connectivity index (χ1v) is 8.98. The molecule has 28 heavy (non-hydrogen) atoms. The zero-order valence-corrected chi connectivity index (χ0v) is 15.4. The maximum Gasteiger partial charge on any atom is 0.256 e. The standard InChI is InChI=1S/C20H19N7O/c1-2-27-19(22-24-25-27)16-9-6-10-17(13-16)20(28)21-18-11-12-26(23-18)14-15-7-4-3-5-8-15/h3-13H,2,14H2,1H3,(H,21,23,28). The molecule has 0 spiro atoms. The van der Waals surface area contributed by atoms with Crippen molar-refractivity contribution in [2.45, 2.75) is 20.0 Å². The fourth-order valence-electron chi connectivity index (χ4n) is 2.90. The van der Waals surface area contributed by atoms with Gasteiger partial charge in [-0.1, -0.05) is 42.5 Å². The van der Waals surface area contributed by atoms with Gasteiger partial charge < -0.3 is 5.32 Å². The molecule has 0 aliphatic carbocycles. The molecule has 0 saturated carbocycles. The van der Waals surface area contributed by atoms with Gasteiger partial charge in [-0.3, -0.25) is 9.48 Å². The van der Waals surface area contributed by atoms with Crippen LogP contribution in [0.4, 0.5) is 5.82 Å². The molecule has 140 valence electrons. The molecular weight excluding hydrogens is 354 g/mol. The SMILES string of the molecule is CCn1nnnc1-c1cccc(C(=O)Nc2ccn(Cc3ccccc3)n2)c1. The molecule has 8 heteroatoms. The van der Waals surface area contributed by atoms with Gasteiger partial charge in [0.15, 0.2) is 11.6 Å². The lowest BCUT2D eigenvalue weighted by atomic mass is 10.1. The third-order valence-corrected chi connectivity index (χ3v) is 4.28. The summed E-state index contributed by atoms with van der Waals surface area (Å²) < 4.78 is 3.47. The van der Waals surface area contributed by atoms with Crippen LogP contribution in [0.1, 0.15) is 22.8 Å². The Morgan fingerprint density at radius 2 is 1.93 bits per heavy atom. The highest BCUT2D eigenvalue weighted by molar-refractivity contribution is 6.04. The number of nitrogens with one attached hydrogen (secondary N) is 1. The summed E-state index contributed by atoms with van der Waals surface area (Å²) in [5.41, 5.74) is 2.44. The molecule has 0 bridgehead atoms. The second-order valence-corrected chi connectivity index (χ2v) is 6.24. The number of aryl methyl sites for hydroxylation is 1. The number of rotatable bonds is 6. The van der Waals surface area contributed by atoms with E-state index in [-0.39, 0.29) is 5.91 Å². The third kappa shape index (κ3) is 3.80. The van der Waals surface area contributed by atoms with E-state index in [4.69, 9.17) is 0 Å². The normalized spacial score (nSPS) is 10.8. The Hall–Kier alpha value is -3.81. The van der Waals surface area contributed by atoms with Crippen molar-refractivity contribution in [3.05, 3.63) is 78.0 Å². The molecule has 0 unspecified atom stereocenters. The number of hydrogen-bond acceptors (Lipinski definition) is 5. The zero-order chi connectivity index (χ0) is 19.3. The average molecular weight is 373 g/mol. The van der Waals surface area contributed by atoms with Crippen molar-refractivity contribution in [2.75, 3.05) is 5.32 Å². The predicted octanol–water partition coefficient (Wildman–Crippen LogP) is 2.86. The molecule has 0 saturated heterocycles. The molecule has 0 radical (unpaired) electrons. The second-order valence-electron chi connectivity index (χ2n) is 6.24. The van der Waals surface area contributed by atoms with E-state index in [9.17, 15) is 4.79 Å². The van der Waals surface area contributed by atoms with Crippen LogP contribution >= 0.6 is 0 Å². The minimum atomic E-state index is -0.234. The highest BCUT2D eigenvalue weighted by Gasteiger charge is 2.12. The molecule has 4 aromatic rings. The molecule has 0 aliphatic heterocycles. The Morgan fingerprint density at radius 3 is 2.75 bits per heavy atom. The van der Waals surface area contributed by atoms with Crippen molar-refractivity contribution in [1.29, 1.82) is 0 Å². The van der Waals surface area contributed by atoms with Gasteiger partial charge >= 0.3 is 0 Å². The van der Waals surface area contributed by atoms with Gasteiger partial charge in [-0.25, -0.2) is 4.68 Å². The lowest BCUT2D eigenvalue weighted by molar-refractivity contribution is 0.102. The van der Waals surface area contributed by atoms with E-state index in [1.54, 1.807) is 27.6 Å². The molecule has 0 atom stereocenters. The summed E-state index contributed by atoms with van der Waals surface area (Å²) in [7, 11) is 0. The van der Waals surface area contributed by atoms with Crippen molar-refractivity contribution < 1.29 is 4.79 Å². The number of hydrogen-bond donors (Lipinski definition) is 1. The van der Waals surface area contributed by atoms with Crippen LogP contribution in [-0.4, -0.2) is 35.9 Å².